The standard InChI is InChI=1S/C28H42N6O2/c1-6-29-20-30-27(22(3)32-23(4)28(35)31-21(2)14-18-36-5)34-19-24(13-17-33-15-9-10-16-33)25-11-7-8-12-26(25)34/h6-8,11-12,20-21,24H,9-10,13-19H2,1-5H3,(H,31,35)/b27-22-,29-6+,30-20-,32-23+. The molecule has 1 saturated heterocycles. The molecule has 2 unspecified atom stereocenters. The highest BCUT2D eigenvalue weighted by atomic mass is 16.5. The monoisotopic (exact) mass is 494 g/mol. The first kappa shape index (κ1) is 27.7. The number of amides is 1. The van der Waals surface area contributed by atoms with Crippen LogP contribution in [0.5, 0.6) is 0 Å². The van der Waals surface area contributed by atoms with E-state index < -0.39 is 0 Å². The van der Waals surface area contributed by atoms with Gasteiger partial charge in [-0.15, -0.1) is 0 Å². The molecule has 2 aliphatic rings. The van der Waals surface area contributed by atoms with Gasteiger partial charge in [0.05, 0.1) is 5.70 Å². The van der Waals surface area contributed by atoms with Crippen molar-refractivity contribution in [2.45, 2.75) is 65.3 Å². The third-order valence-corrected chi connectivity index (χ3v) is 6.83. The number of ether oxygens (including phenoxy) is 1. The number of carbonyl (C=O) groups excluding carboxylic acids is 1. The molecule has 8 nitrogen and oxygen atoms in total. The fraction of sp³-hybridized carbons (Fsp3) is 0.571. The van der Waals surface area contributed by atoms with E-state index in [1.165, 1.54) is 31.5 Å². The Morgan fingerprint density at radius 3 is 2.72 bits per heavy atom. The molecule has 1 aromatic rings. The molecule has 0 bridgehead atoms. The van der Waals surface area contributed by atoms with Crippen molar-refractivity contribution in [3.8, 4) is 0 Å². The molecule has 0 spiro atoms. The summed E-state index contributed by atoms with van der Waals surface area (Å²) in [4.78, 5) is 31.1. The van der Waals surface area contributed by atoms with Crippen LogP contribution in [-0.4, -0.2) is 75.0 Å². The zero-order valence-electron chi connectivity index (χ0n) is 22.5. The first-order valence-corrected chi connectivity index (χ1v) is 13.1. The second kappa shape index (κ2) is 14.0. The maximum Gasteiger partial charge on any atom is 0.265 e. The zero-order chi connectivity index (χ0) is 25.9. The van der Waals surface area contributed by atoms with Gasteiger partial charge in [0.25, 0.3) is 5.91 Å². The van der Waals surface area contributed by atoms with Gasteiger partial charge < -0.3 is 19.9 Å². The number of rotatable bonds is 12. The summed E-state index contributed by atoms with van der Waals surface area (Å²) in [5.74, 6) is 0.957. The second-order valence-electron chi connectivity index (χ2n) is 9.62. The highest BCUT2D eigenvalue weighted by Gasteiger charge is 2.31. The van der Waals surface area contributed by atoms with E-state index >= 15 is 0 Å². The molecule has 2 heterocycles. The third-order valence-electron chi connectivity index (χ3n) is 6.83. The molecule has 2 atom stereocenters. The van der Waals surface area contributed by atoms with Crippen LogP contribution in [0.3, 0.4) is 0 Å². The van der Waals surface area contributed by atoms with Crippen LogP contribution in [0.1, 0.15) is 64.9 Å². The molecule has 0 aromatic heterocycles. The third kappa shape index (κ3) is 7.58. The Bertz CT molecular complexity index is 994. The lowest BCUT2D eigenvalue weighted by Crippen LogP contribution is -2.37. The largest absolute Gasteiger partial charge is 0.385 e. The maximum atomic E-state index is 12.7. The van der Waals surface area contributed by atoms with Crippen molar-refractivity contribution in [1.82, 2.24) is 10.2 Å². The van der Waals surface area contributed by atoms with Crippen LogP contribution in [-0.2, 0) is 9.53 Å². The van der Waals surface area contributed by atoms with Crippen molar-refractivity contribution >= 4 is 29.9 Å². The van der Waals surface area contributed by atoms with Crippen LogP contribution in [0.2, 0.25) is 0 Å². The number of fused-ring (bicyclic) bond motifs is 1. The van der Waals surface area contributed by atoms with E-state index in [0.717, 1.165) is 37.4 Å². The summed E-state index contributed by atoms with van der Waals surface area (Å²) in [5, 5.41) is 2.99. The van der Waals surface area contributed by atoms with Crippen molar-refractivity contribution in [2.24, 2.45) is 15.0 Å². The quantitative estimate of drug-likeness (QED) is 0.345. The molecule has 1 amide bonds. The van der Waals surface area contributed by atoms with Gasteiger partial charge in [-0.1, -0.05) is 18.2 Å². The number of para-hydroxylation sites is 1. The lowest BCUT2D eigenvalue weighted by molar-refractivity contribution is -0.115. The fourth-order valence-corrected chi connectivity index (χ4v) is 4.85. The summed E-state index contributed by atoms with van der Waals surface area (Å²) in [7, 11) is 1.66. The number of hydrogen-bond donors (Lipinski definition) is 1. The number of anilines is 1. The van der Waals surface area contributed by atoms with Crippen molar-refractivity contribution in [3.63, 3.8) is 0 Å². The summed E-state index contributed by atoms with van der Waals surface area (Å²) in [5.41, 5.74) is 3.59. The lowest BCUT2D eigenvalue weighted by atomic mass is 9.98. The molecule has 36 heavy (non-hydrogen) atoms. The number of nitrogens with one attached hydrogen (secondary N) is 1. The predicted molar refractivity (Wildman–Crippen MR) is 149 cm³/mol. The average molecular weight is 495 g/mol. The fourth-order valence-electron chi connectivity index (χ4n) is 4.85. The van der Waals surface area contributed by atoms with E-state index in [-0.39, 0.29) is 11.9 Å². The van der Waals surface area contributed by atoms with Gasteiger partial charge in [0.1, 0.15) is 12.1 Å². The van der Waals surface area contributed by atoms with E-state index in [4.69, 9.17) is 9.73 Å². The number of methoxy groups -OCH3 is 1. The minimum Gasteiger partial charge on any atom is -0.385 e. The highest BCUT2D eigenvalue weighted by molar-refractivity contribution is 6.38. The maximum absolute atomic E-state index is 12.7. The molecular weight excluding hydrogens is 452 g/mol. The number of benzene rings is 1. The van der Waals surface area contributed by atoms with Crippen LogP contribution >= 0.6 is 0 Å². The van der Waals surface area contributed by atoms with Crippen molar-refractivity contribution < 1.29 is 9.53 Å². The van der Waals surface area contributed by atoms with Crippen LogP contribution in [0.15, 0.2) is 50.8 Å². The SMILES string of the molecule is C/C=N/C=N\C(=C(C)\N=C(/C)C(=O)NC(C)CCOC)N1CC(CCN2CCCC2)c2ccccc21. The van der Waals surface area contributed by atoms with Crippen LogP contribution in [0.25, 0.3) is 0 Å². The molecule has 0 saturated carbocycles. The molecule has 0 aliphatic carbocycles. The summed E-state index contributed by atoms with van der Waals surface area (Å²) >= 11 is 0. The molecule has 1 N–H and O–H groups in total. The molecule has 1 fully saturated rings. The number of likely N-dealkylation sites (tertiary alicyclic amines) is 1. The van der Waals surface area contributed by atoms with Crippen molar-refractivity contribution in [3.05, 3.63) is 41.3 Å². The normalized spacial score (nSPS) is 20.3. The van der Waals surface area contributed by atoms with E-state index in [2.05, 4.69) is 49.4 Å². The number of allylic oxidation sites excluding steroid dienone is 1. The summed E-state index contributed by atoms with van der Waals surface area (Å²) in [6.07, 6.45) is 7.73. The number of aliphatic imine (C=N–C) groups is 3. The number of carbonyl (C=O) groups is 1. The van der Waals surface area contributed by atoms with E-state index in [1.54, 1.807) is 26.6 Å². The first-order valence-electron chi connectivity index (χ1n) is 13.1. The average Bonchev–Trinajstić information content (AvgIpc) is 3.52. The van der Waals surface area contributed by atoms with E-state index in [9.17, 15) is 4.79 Å². The van der Waals surface area contributed by atoms with Crippen LogP contribution in [0, 0.1) is 0 Å². The molecule has 0 radical (unpaired) electrons. The first-order chi connectivity index (χ1) is 17.4. The van der Waals surface area contributed by atoms with Gasteiger partial charge >= 0.3 is 0 Å². The molecule has 8 heteroatoms. The van der Waals surface area contributed by atoms with Gasteiger partial charge in [0.2, 0.25) is 0 Å². The molecular formula is C28H42N6O2. The number of hydrogen-bond acceptors (Lipinski definition) is 6. The van der Waals surface area contributed by atoms with Crippen LogP contribution in [0.4, 0.5) is 5.69 Å². The Kier molecular flexibility index (Phi) is 10.8. The molecule has 1 aromatic carbocycles. The van der Waals surface area contributed by atoms with E-state index in [0.29, 0.717) is 23.9 Å². The second-order valence-corrected chi connectivity index (χ2v) is 9.62. The minimum absolute atomic E-state index is 0.00472. The van der Waals surface area contributed by atoms with Gasteiger partial charge in [-0.3, -0.25) is 4.79 Å². The van der Waals surface area contributed by atoms with Gasteiger partial charge in [0.15, 0.2) is 5.82 Å². The summed E-state index contributed by atoms with van der Waals surface area (Å²) in [6, 6.07) is 8.57. The van der Waals surface area contributed by atoms with Gasteiger partial charge in [-0.2, -0.15) is 0 Å². The Morgan fingerprint density at radius 1 is 1.25 bits per heavy atom. The minimum atomic E-state index is -0.182. The predicted octanol–water partition coefficient (Wildman–Crippen LogP) is 4.39. The molecule has 196 valence electrons. The van der Waals surface area contributed by atoms with Gasteiger partial charge in [-0.25, -0.2) is 15.0 Å². The van der Waals surface area contributed by atoms with E-state index in [1.807, 2.05) is 20.8 Å². The van der Waals surface area contributed by atoms with Crippen molar-refractivity contribution in [1.29, 1.82) is 0 Å². The Balaban J connectivity index is 1.85. The smallest absolute Gasteiger partial charge is 0.265 e. The Morgan fingerprint density at radius 2 is 2.00 bits per heavy atom. The number of nitrogens with zero attached hydrogens (tertiary/aromatic N) is 5. The summed E-state index contributed by atoms with van der Waals surface area (Å²) in [6.45, 7) is 12.4. The lowest BCUT2D eigenvalue weighted by Gasteiger charge is -2.22. The van der Waals surface area contributed by atoms with Gasteiger partial charge in [-0.05, 0) is 84.6 Å². The summed E-state index contributed by atoms with van der Waals surface area (Å²) < 4.78 is 5.11. The highest BCUT2D eigenvalue weighted by Crippen LogP contribution is 2.41. The Labute approximate surface area is 216 Å². The zero-order valence-corrected chi connectivity index (χ0v) is 22.5. The van der Waals surface area contributed by atoms with Crippen molar-refractivity contribution in [2.75, 3.05) is 44.8 Å². The molecule has 2 aliphatic heterocycles. The van der Waals surface area contributed by atoms with Crippen LogP contribution < -0.4 is 10.2 Å². The molecule has 3 rings (SSSR count). The Hall–Kier alpha value is -2.84. The topological polar surface area (TPSA) is 81.9 Å². The van der Waals surface area contributed by atoms with Gasteiger partial charge in [0, 0.05) is 44.1 Å².